The maximum absolute atomic E-state index is 12.4. The Labute approximate surface area is 225 Å². The fourth-order valence-electron chi connectivity index (χ4n) is 3.23. The minimum atomic E-state index is -0.759. The van der Waals surface area contributed by atoms with E-state index < -0.39 is 11.9 Å². The number of halogens is 1. The molecule has 3 aromatic rings. The standard InChI is InChI=1S/C29H24ClNO7/c1-34-26-15-19(6-11-24(26)37-18-20-4-9-23(30)10-5-20)8-13-28(32)38-25-12-7-21(16-27(25)35-2)14-22(17-31)29(33)36-3/h4-16H,18H2,1-3H3/b13-8+,22-14+. The summed E-state index contributed by atoms with van der Waals surface area (Å²) >= 11 is 5.92. The third-order valence-corrected chi connectivity index (χ3v) is 5.39. The van der Waals surface area contributed by atoms with E-state index in [0.29, 0.717) is 34.3 Å². The monoisotopic (exact) mass is 533 g/mol. The smallest absolute Gasteiger partial charge is 0.348 e. The molecule has 0 heterocycles. The van der Waals surface area contributed by atoms with Crippen molar-refractivity contribution in [1.29, 1.82) is 5.26 Å². The molecule has 0 spiro atoms. The highest BCUT2D eigenvalue weighted by molar-refractivity contribution is 6.30. The molecule has 0 N–H and O–H groups in total. The number of nitrogens with zero attached hydrogens (tertiary/aromatic N) is 1. The van der Waals surface area contributed by atoms with Crippen molar-refractivity contribution in [3.8, 4) is 29.1 Å². The van der Waals surface area contributed by atoms with Gasteiger partial charge < -0.3 is 23.7 Å². The molecule has 0 bridgehead atoms. The van der Waals surface area contributed by atoms with Crippen LogP contribution in [-0.2, 0) is 20.9 Å². The lowest BCUT2D eigenvalue weighted by Crippen LogP contribution is -2.05. The van der Waals surface area contributed by atoms with Crippen molar-refractivity contribution in [2.45, 2.75) is 6.61 Å². The summed E-state index contributed by atoms with van der Waals surface area (Å²) in [6.07, 6.45) is 4.18. The minimum Gasteiger partial charge on any atom is -0.493 e. The van der Waals surface area contributed by atoms with Crippen molar-refractivity contribution in [3.05, 3.63) is 94.0 Å². The van der Waals surface area contributed by atoms with Crippen LogP contribution in [0.4, 0.5) is 0 Å². The molecule has 0 aliphatic rings. The Kier molecular flexibility index (Phi) is 9.92. The highest BCUT2D eigenvalue weighted by Gasteiger charge is 2.12. The van der Waals surface area contributed by atoms with Crippen LogP contribution in [0.25, 0.3) is 12.2 Å². The number of carbonyl (C=O) groups excluding carboxylic acids is 2. The van der Waals surface area contributed by atoms with Crippen LogP contribution in [0.5, 0.6) is 23.0 Å². The average molecular weight is 534 g/mol. The lowest BCUT2D eigenvalue weighted by molar-refractivity contribution is -0.135. The Balaban J connectivity index is 1.68. The molecule has 0 saturated heterocycles. The molecule has 3 rings (SSSR count). The molecule has 9 heteroatoms. The van der Waals surface area contributed by atoms with E-state index in [0.717, 1.165) is 5.56 Å². The van der Waals surface area contributed by atoms with Crippen LogP contribution >= 0.6 is 11.6 Å². The van der Waals surface area contributed by atoms with Gasteiger partial charge in [0.05, 0.1) is 21.3 Å². The number of nitriles is 1. The Hall–Kier alpha value is -4.74. The Morgan fingerprint density at radius 3 is 2.16 bits per heavy atom. The topological polar surface area (TPSA) is 104 Å². The van der Waals surface area contributed by atoms with Gasteiger partial charge in [0.2, 0.25) is 0 Å². The second-order valence-electron chi connectivity index (χ2n) is 7.65. The number of hydrogen-bond donors (Lipinski definition) is 0. The first-order valence-corrected chi connectivity index (χ1v) is 11.6. The second kappa shape index (κ2) is 13.5. The molecule has 38 heavy (non-hydrogen) atoms. The van der Waals surface area contributed by atoms with Crippen LogP contribution in [0.1, 0.15) is 16.7 Å². The molecule has 0 fully saturated rings. The summed E-state index contributed by atoms with van der Waals surface area (Å²) in [6.45, 7) is 0.339. The molecule has 0 radical (unpaired) electrons. The molecule has 0 saturated carbocycles. The van der Waals surface area contributed by atoms with Crippen LogP contribution in [0.2, 0.25) is 5.02 Å². The van der Waals surface area contributed by atoms with Crippen LogP contribution in [0.3, 0.4) is 0 Å². The zero-order valence-corrected chi connectivity index (χ0v) is 21.7. The first-order chi connectivity index (χ1) is 18.4. The van der Waals surface area contributed by atoms with Gasteiger partial charge in [-0.1, -0.05) is 35.9 Å². The first-order valence-electron chi connectivity index (χ1n) is 11.2. The van der Waals surface area contributed by atoms with Crippen LogP contribution in [0.15, 0.2) is 72.3 Å². The Morgan fingerprint density at radius 2 is 1.50 bits per heavy atom. The lowest BCUT2D eigenvalue weighted by Gasteiger charge is -2.11. The second-order valence-corrected chi connectivity index (χ2v) is 8.09. The van der Waals surface area contributed by atoms with Crippen molar-refractivity contribution in [2.24, 2.45) is 0 Å². The molecule has 0 amide bonds. The maximum atomic E-state index is 12.4. The molecule has 0 aliphatic carbocycles. The van der Waals surface area contributed by atoms with Crippen molar-refractivity contribution < 1.29 is 33.3 Å². The van der Waals surface area contributed by atoms with Gasteiger partial charge >= 0.3 is 11.9 Å². The summed E-state index contributed by atoms with van der Waals surface area (Å²) < 4.78 is 26.5. The predicted molar refractivity (Wildman–Crippen MR) is 142 cm³/mol. The van der Waals surface area contributed by atoms with Crippen molar-refractivity contribution >= 4 is 35.7 Å². The highest BCUT2D eigenvalue weighted by Crippen LogP contribution is 2.31. The molecule has 194 valence electrons. The average Bonchev–Trinajstić information content (AvgIpc) is 2.94. The quantitative estimate of drug-likeness (QED) is 0.143. The summed E-state index contributed by atoms with van der Waals surface area (Å²) in [5.74, 6) is 0.0630. The molecule has 8 nitrogen and oxygen atoms in total. The maximum Gasteiger partial charge on any atom is 0.348 e. The van der Waals surface area contributed by atoms with E-state index in [4.69, 9.17) is 35.8 Å². The molecule has 3 aromatic carbocycles. The van der Waals surface area contributed by atoms with Gasteiger partial charge in [-0.2, -0.15) is 5.26 Å². The van der Waals surface area contributed by atoms with E-state index in [1.165, 1.54) is 45.6 Å². The normalized spacial score (nSPS) is 11.0. The van der Waals surface area contributed by atoms with Crippen molar-refractivity contribution in [1.82, 2.24) is 0 Å². The molecule has 0 aromatic heterocycles. The van der Waals surface area contributed by atoms with Crippen LogP contribution in [-0.4, -0.2) is 33.3 Å². The molecule has 0 atom stereocenters. The largest absolute Gasteiger partial charge is 0.493 e. The molecular weight excluding hydrogens is 510 g/mol. The SMILES string of the molecule is COC(=O)/C(C#N)=C/c1ccc(OC(=O)/C=C/c2ccc(OCc3ccc(Cl)cc3)c(OC)c2)c(OC)c1. The van der Waals surface area contributed by atoms with Gasteiger partial charge in [0.15, 0.2) is 23.0 Å². The summed E-state index contributed by atoms with van der Waals surface area (Å²) in [5, 5.41) is 9.78. The van der Waals surface area contributed by atoms with Gasteiger partial charge in [-0.05, 0) is 65.2 Å². The van der Waals surface area contributed by atoms with Gasteiger partial charge in [0, 0.05) is 11.1 Å². The summed E-state index contributed by atoms with van der Waals surface area (Å²) in [4.78, 5) is 24.1. The van der Waals surface area contributed by atoms with E-state index in [-0.39, 0.29) is 17.1 Å². The molecule has 0 unspecified atom stereocenters. The van der Waals surface area contributed by atoms with Gasteiger partial charge in [0.25, 0.3) is 0 Å². The van der Waals surface area contributed by atoms with E-state index >= 15 is 0 Å². The summed E-state index contributed by atoms with van der Waals surface area (Å²) in [5.41, 5.74) is 1.96. The number of benzene rings is 3. The molecular formula is C29H24ClNO7. The molecule has 0 aliphatic heterocycles. The minimum absolute atomic E-state index is 0.166. The van der Waals surface area contributed by atoms with Gasteiger partial charge in [-0.15, -0.1) is 0 Å². The van der Waals surface area contributed by atoms with Gasteiger partial charge in [-0.3, -0.25) is 0 Å². The zero-order valence-electron chi connectivity index (χ0n) is 20.9. The van der Waals surface area contributed by atoms with Crippen molar-refractivity contribution in [2.75, 3.05) is 21.3 Å². The van der Waals surface area contributed by atoms with Crippen molar-refractivity contribution in [3.63, 3.8) is 0 Å². The predicted octanol–water partition coefficient (Wildman–Crippen LogP) is 5.63. The van der Waals surface area contributed by atoms with Crippen LogP contribution in [0, 0.1) is 11.3 Å². The fourth-order valence-corrected chi connectivity index (χ4v) is 3.35. The number of rotatable bonds is 10. The first kappa shape index (κ1) is 27.8. The van der Waals surface area contributed by atoms with Gasteiger partial charge in [0.1, 0.15) is 18.2 Å². The van der Waals surface area contributed by atoms with Gasteiger partial charge in [-0.25, -0.2) is 9.59 Å². The fraction of sp³-hybridized carbons (Fsp3) is 0.138. The Bertz CT molecular complexity index is 1410. The number of ether oxygens (including phenoxy) is 5. The number of methoxy groups -OCH3 is 3. The zero-order chi connectivity index (χ0) is 27.5. The number of hydrogen-bond acceptors (Lipinski definition) is 8. The number of carbonyl (C=O) groups is 2. The highest BCUT2D eigenvalue weighted by atomic mass is 35.5. The summed E-state index contributed by atoms with van der Waals surface area (Å²) in [6, 6.07) is 19.0. The number of esters is 2. The van der Waals surface area contributed by atoms with E-state index in [9.17, 15) is 9.59 Å². The lowest BCUT2D eigenvalue weighted by atomic mass is 10.1. The Morgan fingerprint density at radius 1 is 0.868 bits per heavy atom. The third kappa shape index (κ3) is 7.63. The van der Waals surface area contributed by atoms with Crippen LogP contribution < -0.4 is 18.9 Å². The summed E-state index contributed by atoms with van der Waals surface area (Å²) in [7, 11) is 4.12. The van der Waals surface area contributed by atoms with E-state index in [1.54, 1.807) is 48.5 Å². The third-order valence-electron chi connectivity index (χ3n) is 5.14. The van der Waals surface area contributed by atoms with E-state index in [1.807, 2.05) is 12.1 Å². The van der Waals surface area contributed by atoms with E-state index in [2.05, 4.69) is 4.74 Å².